The van der Waals surface area contributed by atoms with Crippen molar-refractivity contribution >= 4 is 17.0 Å². The van der Waals surface area contributed by atoms with Crippen molar-refractivity contribution in [2.45, 2.75) is 12.3 Å². The summed E-state index contributed by atoms with van der Waals surface area (Å²) in [4.78, 5) is 15.1. The second-order valence-corrected chi connectivity index (χ2v) is 11.7. The zero-order valence-corrected chi connectivity index (χ0v) is 26.1. The predicted molar refractivity (Wildman–Crippen MR) is 189 cm³/mol. The third-order valence-electron chi connectivity index (χ3n) is 8.99. The van der Waals surface area contributed by atoms with Crippen LogP contribution in [0.3, 0.4) is 0 Å². The van der Waals surface area contributed by atoms with Crippen LogP contribution in [-0.2, 0) is 6.42 Å². The summed E-state index contributed by atoms with van der Waals surface area (Å²) in [6, 6.07) is 45.5. The number of allylic oxidation sites excluding steroid dienone is 1. The minimum Gasteiger partial charge on any atom is -0.278 e. The molecule has 0 N–H and O–H groups in total. The van der Waals surface area contributed by atoms with E-state index in [2.05, 4.69) is 36.4 Å². The van der Waals surface area contributed by atoms with Crippen molar-refractivity contribution in [3.63, 3.8) is 0 Å². The molecule has 0 aliphatic heterocycles. The van der Waals surface area contributed by atoms with E-state index in [-0.39, 0.29) is 5.92 Å². The first-order valence-electron chi connectivity index (χ1n) is 15.8. The normalized spacial score (nSPS) is 13.3. The van der Waals surface area contributed by atoms with Gasteiger partial charge in [-0.2, -0.15) is 25.8 Å². The minimum atomic E-state index is -0.0368. The Bertz CT molecular complexity index is 2470. The topological polar surface area (TPSA) is 115 Å². The highest BCUT2D eigenvalue weighted by Gasteiger charge is 2.29. The number of rotatable bonds is 5. The standard InChI is InChI=1S/C42H25N7/c43-24-30-15-7-8-18-33(30)29-21-22-37-36(23-29)34-19-10-20-35(38-31(25-44)16-9-17-32(38)26-45)39(34)49(37)42-47-40(27-11-3-1-4-12-27)46-41(48-42)28-13-5-2-6-14-28/h1-22,29H,23H2. The van der Waals surface area contributed by atoms with Gasteiger partial charge in [-0.3, -0.25) is 4.57 Å². The van der Waals surface area contributed by atoms with Crippen molar-refractivity contribution in [2.24, 2.45) is 0 Å². The number of aromatic nitrogens is 4. The molecule has 1 aliphatic rings. The molecule has 1 atom stereocenters. The van der Waals surface area contributed by atoms with E-state index in [4.69, 9.17) is 15.0 Å². The number of nitrogens with zero attached hydrogens (tertiary/aromatic N) is 7. The SMILES string of the molecule is N#Cc1ccccc1C1C=Cc2c(c3cccc(-c4c(C#N)cccc4C#N)c3n2-c2nc(-c3ccccc3)nc(-c3ccccc3)n2)C1. The summed E-state index contributed by atoms with van der Waals surface area (Å²) in [5.74, 6) is 1.42. The average molecular weight is 628 g/mol. The molecule has 228 valence electrons. The number of fused-ring (bicyclic) bond motifs is 3. The molecule has 1 unspecified atom stereocenters. The molecule has 7 heteroatoms. The minimum absolute atomic E-state index is 0.0368. The molecule has 5 aromatic carbocycles. The van der Waals surface area contributed by atoms with E-state index >= 15 is 0 Å². The summed E-state index contributed by atoms with van der Waals surface area (Å²) in [7, 11) is 0. The highest BCUT2D eigenvalue weighted by atomic mass is 15.2. The molecule has 2 heterocycles. The van der Waals surface area contributed by atoms with Gasteiger partial charge in [-0.15, -0.1) is 0 Å². The summed E-state index contributed by atoms with van der Waals surface area (Å²) in [5, 5.41) is 31.3. The zero-order valence-electron chi connectivity index (χ0n) is 26.1. The maximum Gasteiger partial charge on any atom is 0.238 e. The molecule has 7 nitrogen and oxygen atoms in total. The van der Waals surface area contributed by atoms with E-state index in [1.165, 1.54) is 0 Å². The molecular formula is C42H25N7. The summed E-state index contributed by atoms with van der Waals surface area (Å²) >= 11 is 0. The number of benzene rings is 5. The van der Waals surface area contributed by atoms with Crippen LogP contribution in [0.4, 0.5) is 0 Å². The Hall–Kier alpha value is -7.14. The van der Waals surface area contributed by atoms with Gasteiger partial charge in [0.15, 0.2) is 11.6 Å². The Balaban J connectivity index is 1.47. The fraction of sp³-hybridized carbons (Fsp3) is 0.0476. The second kappa shape index (κ2) is 12.2. The van der Waals surface area contributed by atoms with E-state index < -0.39 is 0 Å². The van der Waals surface area contributed by atoms with Crippen molar-refractivity contribution < 1.29 is 0 Å². The van der Waals surface area contributed by atoms with Crippen LogP contribution in [0.25, 0.3) is 56.8 Å². The van der Waals surface area contributed by atoms with Gasteiger partial charge in [0.05, 0.1) is 46.1 Å². The van der Waals surface area contributed by atoms with Crippen LogP contribution in [0.15, 0.2) is 127 Å². The third kappa shape index (κ3) is 5.02. The molecule has 0 amide bonds. The molecule has 0 radical (unpaired) electrons. The summed E-state index contributed by atoms with van der Waals surface area (Å²) in [6.45, 7) is 0. The molecule has 7 aromatic rings. The smallest absolute Gasteiger partial charge is 0.238 e. The van der Waals surface area contributed by atoms with Gasteiger partial charge in [0.2, 0.25) is 5.95 Å². The lowest BCUT2D eigenvalue weighted by atomic mass is 9.84. The first-order valence-corrected chi connectivity index (χ1v) is 15.8. The van der Waals surface area contributed by atoms with Crippen LogP contribution >= 0.6 is 0 Å². The lowest BCUT2D eigenvalue weighted by Crippen LogP contribution is -2.11. The van der Waals surface area contributed by atoms with Gasteiger partial charge in [-0.1, -0.05) is 109 Å². The Morgan fingerprint density at radius 3 is 1.80 bits per heavy atom. The first kappa shape index (κ1) is 29.3. The maximum absolute atomic E-state index is 10.2. The van der Waals surface area contributed by atoms with Gasteiger partial charge in [0.25, 0.3) is 0 Å². The van der Waals surface area contributed by atoms with Gasteiger partial charge in [0.1, 0.15) is 0 Å². The van der Waals surface area contributed by atoms with Crippen LogP contribution in [-0.4, -0.2) is 19.5 Å². The van der Waals surface area contributed by atoms with Crippen molar-refractivity contribution in [2.75, 3.05) is 0 Å². The predicted octanol–water partition coefficient (Wildman–Crippen LogP) is 8.78. The Labute approximate surface area is 283 Å². The van der Waals surface area contributed by atoms with E-state index in [9.17, 15) is 15.8 Å². The second-order valence-electron chi connectivity index (χ2n) is 11.7. The Morgan fingerprint density at radius 1 is 0.592 bits per heavy atom. The summed E-state index contributed by atoms with van der Waals surface area (Å²) < 4.78 is 2.04. The number of para-hydroxylation sites is 1. The van der Waals surface area contributed by atoms with Gasteiger partial charge < -0.3 is 0 Å². The van der Waals surface area contributed by atoms with Crippen LogP contribution in [0.1, 0.15) is 39.4 Å². The maximum atomic E-state index is 10.2. The van der Waals surface area contributed by atoms with Crippen LogP contribution in [0.5, 0.6) is 0 Å². The number of hydrogen-bond donors (Lipinski definition) is 0. The highest BCUT2D eigenvalue weighted by molar-refractivity contribution is 6.02. The van der Waals surface area contributed by atoms with Gasteiger partial charge >= 0.3 is 0 Å². The summed E-state index contributed by atoms with van der Waals surface area (Å²) in [6.07, 6.45) is 4.84. The van der Waals surface area contributed by atoms with Crippen LogP contribution in [0, 0.1) is 34.0 Å². The molecular weight excluding hydrogens is 603 g/mol. The number of nitriles is 3. The third-order valence-corrected chi connectivity index (χ3v) is 8.99. The lowest BCUT2D eigenvalue weighted by molar-refractivity contribution is 0.816. The Kier molecular flexibility index (Phi) is 7.31. The Morgan fingerprint density at radius 2 is 1.16 bits per heavy atom. The van der Waals surface area contributed by atoms with Crippen LogP contribution < -0.4 is 0 Å². The molecule has 8 rings (SSSR count). The molecule has 49 heavy (non-hydrogen) atoms. The van der Waals surface area contributed by atoms with Crippen molar-refractivity contribution in [1.82, 2.24) is 19.5 Å². The molecule has 0 saturated carbocycles. The van der Waals surface area contributed by atoms with Crippen molar-refractivity contribution in [3.05, 3.63) is 161 Å². The fourth-order valence-electron chi connectivity index (χ4n) is 6.78. The first-order chi connectivity index (χ1) is 24.2. The fourth-order valence-corrected chi connectivity index (χ4v) is 6.78. The molecule has 0 fully saturated rings. The van der Waals surface area contributed by atoms with Crippen LogP contribution in [0.2, 0.25) is 0 Å². The summed E-state index contributed by atoms with van der Waals surface area (Å²) in [5.41, 5.74) is 8.13. The van der Waals surface area contributed by atoms with Gasteiger partial charge in [0, 0.05) is 33.6 Å². The zero-order chi connectivity index (χ0) is 33.3. The number of hydrogen-bond acceptors (Lipinski definition) is 6. The monoisotopic (exact) mass is 627 g/mol. The van der Waals surface area contributed by atoms with Gasteiger partial charge in [-0.05, 0) is 41.8 Å². The van der Waals surface area contributed by atoms with E-state index in [1.807, 2.05) is 102 Å². The highest BCUT2D eigenvalue weighted by Crippen LogP contribution is 2.43. The van der Waals surface area contributed by atoms with E-state index in [0.717, 1.165) is 44.4 Å². The van der Waals surface area contributed by atoms with Crippen molar-refractivity contribution in [1.29, 1.82) is 15.8 Å². The van der Waals surface area contributed by atoms with E-state index in [0.29, 0.717) is 46.3 Å². The molecule has 0 bridgehead atoms. The lowest BCUT2D eigenvalue weighted by Gasteiger charge is -2.20. The molecule has 0 spiro atoms. The van der Waals surface area contributed by atoms with E-state index in [1.54, 1.807) is 18.2 Å². The van der Waals surface area contributed by atoms with Gasteiger partial charge in [-0.25, -0.2) is 4.98 Å². The average Bonchev–Trinajstić information content (AvgIpc) is 3.52. The largest absolute Gasteiger partial charge is 0.278 e. The molecule has 0 saturated heterocycles. The molecule has 2 aromatic heterocycles. The molecule has 1 aliphatic carbocycles. The quantitative estimate of drug-likeness (QED) is 0.188. The van der Waals surface area contributed by atoms with Crippen molar-refractivity contribution in [3.8, 4) is 58.1 Å².